The molecule has 0 aliphatic carbocycles. The highest BCUT2D eigenvalue weighted by molar-refractivity contribution is 7.98. The van der Waals surface area contributed by atoms with Crippen LogP contribution in [0, 0.1) is 0 Å². The summed E-state index contributed by atoms with van der Waals surface area (Å²) in [6.07, 6.45) is -0.492. The first-order valence-corrected chi connectivity index (χ1v) is 14.4. The van der Waals surface area contributed by atoms with Gasteiger partial charge in [-0.05, 0) is 43.3 Å². The second-order valence-electron chi connectivity index (χ2n) is 8.90. The predicted molar refractivity (Wildman–Crippen MR) is 145 cm³/mol. The molecule has 1 amide bonds. The number of thiazole rings is 1. The van der Waals surface area contributed by atoms with Crippen LogP contribution in [0.15, 0.2) is 59.3 Å². The number of benzene rings is 1. The number of carbonyl (C=O) groups is 1. The minimum Gasteiger partial charge on any atom is -0.379 e. The highest BCUT2D eigenvalue weighted by Crippen LogP contribution is 2.34. The van der Waals surface area contributed by atoms with Crippen LogP contribution in [0.2, 0.25) is 0 Å². The van der Waals surface area contributed by atoms with Crippen molar-refractivity contribution in [3.8, 4) is 17.1 Å². The van der Waals surface area contributed by atoms with Crippen LogP contribution in [0.1, 0.15) is 27.5 Å². The maximum absolute atomic E-state index is 13.5. The molecule has 14 heteroatoms. The fraction of sp³-hybridized carbons (Fsp3) is 0.346. The van der Waals surface area contributed by atoms with Gasteiger partial charge < -0.3 is 10.1 Å². The van der Waals surface area contributed by atoms with Crippen molar-refractivity contribution in [3.63, 3.8) is 0 Å². The van der Waals surface area contributed by atoms with Gasteiger partial charge in [-0.15, -0.1) is 21.5 Å². The lowest BCUT2D eigenvalue weighted by Crippen LogP contribution is -2.38. The molecule has 0 saturated carbocycles. The first kappa shape index (κ1) is 28.2. The van der Waals surface area contributed by atoms with Gasteiger partial charge in [0, 0.05) is 43.0 Å². The van der Waals surface area contributed by atoms with E-state index in [-0.39, 0.29) is 11.6 Å². The van der Waals surface area contributed by atoms with E-state index >= 15 is 0 Å². The van der Waals surface area contributed by atoms with E-state index in [1.165, 1.54) is 29.2 Å². The van der Waals surface area contributed by atoms with Crippen LogP contribution < -0.4 is 5.32 Å². The molecule has 1 aromatic carbocycles. The van der Waals surface area contributed by atoms with Gasteiger partial charge in [0.05, 0.1) is 30.2 Å². The van der Waals surface area contributed by atoms with Crippen molar-refractivity contribution in [2.24, 2.45) is 0 Å². The average molecular weight is 590 g/mol. The van der Waals surface area contributed by atoms with Crippen molar-refractivity contribution in [2.75, 3.05) is 39.4 Å². The zero-order chi connectivity index (χ0) is 28.0. The number of pyridine rings is 1. The number of nitrogens with zero attached hydrogens (tertiary/aromatic N) is 6. The van der Waals surface area contributed by atoms with Crippen molar-refractivity contribution in [1.82, 2.24) is 34.9 Å². The summed E-state index contributed by atoms with van der Waals surface area (Å²) in [4.78, 5) is 23.3. The third kappa shape index (κ3) is 7.05. The molecule has 1 aliphatic heterocycles. The van der Waals surface area contributed by atoms with Gasteiger partial charge in [0.2, 0.25) is 0 Å². The summed E-state index contributed by atoms with van der Waals surface area (Å²) in [5.41, 5.74) is 0.513. The van der Waals surface area contributed by atoms with Crippen molar-refractivity contribution in [3.05, 3.63) is 70.4 Å². The standard InChI is InChI=1S/C26H26F3N7O2S2/c27-26(28,29)19-3-1-4-20(15-19)36-23(18-5-8-30-9-6-18)33-34-25(36)40-17-22-32-21(16-39-22)24(37)31-7-2-10-35-11-13-38-14-12-35/h1,3-6,8-9,15-16H,2,7,10-14,17H2,(H,31,37). The Hall–Kier alpha value is -3.33. The Morgan fingerprint density at radius 3 is 2.70 bits per heavy atom. The minimum absolute atomic E-state index is 0.235. The molecule has 210 valence electrons. The summed E-state index contributed by atoms with van der Waals surface area (Å²) in [6.45, 7) is 4.76. The molecule has 1 N–H and O–H groups in total. The van der Waals surface area contributed by atoms with Crippen LogP contribution >= 0.6 is 23.1 Å². The maximum atomic E-state index is 13.5. The lowest BCUT2D eigenvalue weighted by Gasteiger charge is -2.26. The van der Waals surface area contributed by atoms with Gasteiger partial charge in [-0.25, -0.2) is 4.98 Å². The molecule has 0 atom stereocenters. The summed E-state index contributed by atoms with van der Waals surface area (Å²) in [7, 11) is 0. The van der Waals surface area contributed by atoms with Crippen LogP contribution in [0.25, 0.3) is 17.1 Å². The van der Waals surface area contributed by atoms with Crippen molar-refractivity contribution >= 4 is 29.0 Å². The number of halogens is 3. The topological polar surface area (TPSA) is 98.1 Å². The molecule has 9 nitrogen and oxygen atoms in total. The van der Waals surface area contributed by atoms with Gasteiger partial charge in [0.15, 0.2) is 11.0 Å². The van der Waals surface area contributed by atoms with Crippen molar-refractivity contribution in [2.45, 2.75) is 23.5 Å². The number of rotatable bonds is 10. The fourth-order valence-corrected chi connectivity index (χ4v) is 5.88. The SMILES string of the molecule is O=C(NCCCN1CCOCC1)c1csc(CSc2nnc(-c3ccncc3)n2-c2cccc(C(F)(F)F)c2)n1. The van der Waals surface area contributed by atoms with E-state index in [2.05, 4.69) is 30.4 Å². The Morgan fingerprint density at radius 1 is 1.12 bits per heavy atom. The molecule has 0 spiro atoms. The summed E-state index contributed by atoms with van der Waals surface area (Å²) >= 11 is 2.62. The molecule has 1 saturated heterocycles. The molecular formula is C26H26F3N7O2S2. The van der Waals surface area contributed by atoms with Gasteiger partial charge in [0.25, 0.3) is 5.91 Å². The lowest BCUT2D eigenvalue weighted by atomic mass is 10.2. The molecule has 5 rings (SSSR count). The molecule has 4 aromatic rings. The number of alkyl halides is 3. The van der Waals surface area contributed by atoms with E-state index < -0.39 is 11.7 Å². The number of aromatic nitrogens is 5. The number of morpholine rings is 1. The summed E-state index contributed by atoms with van der Waals surface area (Å²) in [5, 5.41) is 14.2. The predicted octanol–water partition coefficient (Wildman–Crippen LogP) is 4.55. The van der Waals surface area contributed by atoms with E-state index in [0.29, 0.717) is 39.5 Å². The number of amides is 1. The van der Waals surface area contributed by atoms with E-state index in [1.54, 1.807) is 40.5 Å². The largest absolute Gasteiger partial charge is 0.416 e. The van der Waals surface area contributed by atoms with Gasteiger partial charge in [-0.3, -0.25) is 19.2 Å². The molecule has 4 heterocycles. The van der Waals surface area contributed by atoms with Gasteiger partial charge >= 0.3 is 6.18 Å². The maximum Gasteiger partial charge on any atom is 0.416 e. The number of nitrogens with one attached hydrogen (secondary N) is 1. The van der Waals surface area contributed by atoms with Gasteiger partial charge in [-0.2, -0.15) is 13.2 Å². The third-order valence-electron chi connectivity index (χ3n) is 6.15. The fourth-order valence-electron chi connectivity index (χ4n) is 4.13. The van der Waals surface area contributed by atoms with Crippen LogP contribution in [0.3, 0.4) is 0 Å². The number of ether oxygens (including phenoxy) is 1. The first-order valence-electron chi connectivity index (χ1n) is 12.6. The molecule has 1 fully saturated rings. The quantitative estimate of drug-likeness (QED) is 0.213. The van der Waals surface area contributed by atoms with E-state index in [1.807, 2.05) is 0 Å². The zero-order valence-corrected chi connectivity index (χ0v) is 22.9. The Kier molecular flexibility index (Phi) is 9.09. The molecule has 0 radical (unpaired) electrons. The van der Waals surface area contributed by atoms with E-state index in [4.69, 9.17) is 4.74 Å². The van der Waals surface area contributed by atoms with Crippen LogP contribution in [0.5, 0.6) is 0 Å². The van der Waals surface area contributed by atoms with Crippen LogP contribution in [-0.2, 0) is 16.7 Å². The molecule has 40 heavy (non-hydrogen) atoms. The van der Waals surface area contributed by atoms with Crippen molar-refractivity contribution < 1.29 is 22.7 Å². The van der Waals surface area contributed by atoms with Crippen LogP contribution in [0.4, 0.5) is 13.2 Å². The van der Waals surface area contributed by atoms with E-state index in [9.17, 15) is 18.0 Å². The lowest BCUT2D eigenvalue weighted by molar-refractivity contribution is -0.137. The summed E-state index contributed by atoms with van der Waals surface area (Å²) < 4.78 is 47.3. The summed E-state index contributed by atoms with van der Waals surface area (Å²) in [6, 6.07) is 8.47. The minimum atomic E-state index is -4.49. The zero-order valence-electron chi connectivity index (χ0n) is 21.3. The second kappa shape index (κ2) is 12.9. The Morgan fingerprint density at radius 2 is 1.93 bits per heavy atom. The molecular weight excluding hydrogens is 563 g/mol. The van der Waals surface area contributed by atoms with Crippen molar-refractivity contribution in [1.29, 1.82) is 0 Å². The second-order valence-corrected chi connectivity index (χ2v) is 10.8. The normalized spacial score (nSPS) is 14.4. The molecule has 0 unspecified atom stereocenters. The highest BCUT2D eigenvalue weighted by Gasteiger charge is 2.31. The highest BCUT2D eigenvalue weighted by atomic mass is 32.2. The van der Waals surface area contributed by atoms with Gasteiger partial charge in [-0.1, -0.05) is 17.8 Å². The van der Waals surface area contributed by atoms with Gasteiger partial charge in [0.1, 0.15) is 10.7 Å². The average Bonchev–Trinajstić information content (AvgIpc) is 3.62. The molecule has 1 aliphatic rings. The Bertz CT molecular complexity index is 1420. The van der Waals surface area contributed by atoms with E-state index in [0.717, 1.165) is 51.4 Å². The number of carbonyl (C=O) groups excluding carboxylic acids is 1. The summed E-state index contributed by atoms with van der Waals surface area (Å²) in [5.74, 6) is 0.518. The molecule has 3 aromatic heterocycles. The monoisotopic (exact) mass is 589 g/mol. The number of thioether (sulfide) groups is 1. The smallest absolute Gasteiger partial charge is 0.379 e. The molecule has 0 bridgehead atoms. The Labute approximate surface area is 236 Å². The first-order chi connectivity index (χ1) is 19.4. The number of hydrogen-bond acceptors (Lipinski definition) is 9. The number of hydrogen-bond donors (Lipinski definition) is 1. The third-order valence-corrected chi connectivity index (χ3v) is 8.12. The van der Waals surface area contributed by atoms with Crippen LogP contribution in [-0.4, -0.2) is 74.9 Å². The Balaban J connectivity index is 1.26.